The maximum Gasteiger partial charge on any atom is 0.393 e. The summed E-state index contributed by atoms with van der Waals surface area (Å²) in [7, 11) is -4.14. The summed E-state index contributed by atoms with van der Waals surface area (Å²) in [4.78, 5) is 50.9. The fraction of sp³-hybridized carbons (Fsp3) is 0.576. The third-order valence-corrected chi connectivity index (χ3v) is 10.3. The second-order valence-electron chi connectivity index (χ2n) is 12.3. The Bertz CT molecular complexity index is 1670. The summed E-state index contributed by atoms with van der Waals surface area (Å²) in [6.45, 7) is 6.44. The number of hydrogen-bond acceptors (Lipinski definition) is 15. The van der Waals surface area contributed by atoms with Crippen molar-refractivity contribution in [2.24, 2.45) is 0 Å². The van der Waals surface area contributed by atoms with Gasteiger partial charge in [-0.1, -0.05) is 38.5 Å². The number of nitrogens with two attached hydrogens (primary N) is 1. The van der Waals surface area contributed by atoms with Gasteiger partial charge in [-0.25, -0.2) is 19.5 Å². The molecule has 1 saturated heterocycles. The normalized spacial score (nSPS) is 23.4. The summed E-state index contributed by atoms with van der Waals surface area (Å²) in [5, 5.41) is 2.96. The lowest BCUT2D eigenvalue weighted by molar-refractivity contribution is -0.168. The molecule has 5 rings (SSSR count). The van der Waals surface area contributed by atoms with Crippen LogP contribution in [-0.2, 0) is 42.4 Å². The van der Waals surface area contributed by atoms with Crippen molar-refractivity contribution in [3.8, 4) is 5.75 Å². The minimum Gasteiger partial charge on any atom is -0.461 e. The van der Waals surface area contributed by atoms with Gasteiger partial charge in [-0.3, -0.25) is 28.8 Å². The minimum absolute atomic E-state index is 0.0176. The number of esters is 3. The number of carbonyl (C=O) groups excluding carboxylic acids is 3. The molecule has 2 fully saturated rings. The summed E-state index contributed by atoms with van der Waals surface area (Å²) in [6, 6.07) is 7.61. The van der Waals surface area contributed by atoms with E-state index < -0.39 is 62.2 Å². The van der Waals surface area contributed by atoms with Crippen LogP contribution < -0.4 is 15.6 Å². The number of aromatic nitrogens is 4. The van der Waals surface area contributed by atoms with E-state index in [0.717, 1.165) is 32.1 Å². The van der Waals surface area contributed by atoms with E-state index in [0.29, 0.717) is 0 Å². The number of nitrogens with one attached hydrogen (secondary N) is 1. The van der Waals surface area contributed by atoms with Crippen LogP contribution >= 0.6 is 7.60 Å². The lowest BCUT2D eigenvalue weighted by atomic mass is 9.98. The van der Waals surface area contributed by atoms with Crippen molar-refractivity contribution in [2.75, 3.05) is 12.0 Å². The highest BCUT2D eigenvalue weighted by Crippen LogP contribution is 2.50. The molecule has 1 aromatic carbocycles. The second kappa shape index (κ2) is 16.7. The van der Waals surface area contributed by atoms with Crippen molar-refractivity contribution < 1.29 is 46.9 Å². The molecular formula is C33H45N6O10P. The van der Waals surface area contributed by atoms with Gasteiger partial charge in [0.25, 0.3) is 0 Å². The summed E-state index contributed by atoms with van der Waals surface area (Å²) >= 11 is 0. The second-order valence-corrected chi connectivity index (χ2v) is 14.2. The average Bonchev–Trinajstić information content (AvgIpc) is 3.70. The predicted octanol–water partition coefficient (Wildman–Crippen LogP) is 4.44. The number of hydrogen-bond donors (Lipinski definition) is 2. The number of carbonyl (C=O) groups is 3. The number of para-hydroxylation sites is 1. The summed E-state index contributed by atoms with van der Waals surface area (Å²) in [6.07, 6.45) is 1.18. The molecule has 0 spiro atoms. The molecular weight excluding hydrogens is 671 g/mol. The molecule has 16 nitrogen and oxygen atoms in total. The van der Waals surface area contributed by atoms with Crippen molar-refractivity contribution in [1.82, 2.24) is 24.8 Å². The quantitative estimate of drug-likeness (QED) is 0.127. The predicted molar refractivity (Wildman–Crippen MR) is 180 cm³/mol. The van der Waals surface area contributed by atoms with Crippen LogP contribution in [0, 0.1) is 0 Å². The first kappa shape index (κ1) is 37.2. The van der Waals surface area contributed by atoms with E-state index in [4.69, 9.17) is 33.7 Å². The Morgan fingerprint density at radius 1 is 0.980 bits per heavy atom. The number of benzene rings is 1. The van der Waals surface area contributed by atoms with Gasteiger partial charge in [-0.05, 0) is 51.7 Å². The zero-order valence-electron chi connectivity index (χ0n) is 28.6. The lowest BCUT2D eigenvalue weighted by Gasteiger charge is -2.30. The average molecular weight is 717 g/mol. The van der Waals surface area contributed by atoms with Crippen molar-refractivity contribution in [3.63, 3.8) is 0 Å². The maximum atomic E-state index is 14.5. The first-order chi connectivity index (χ1) is 24.0. The largest absolute Gasteiger partial charge is 0.461 e. The standard InChI is InChI=1S/C33H45N6O10P/c1-5-24(40)45-28-27(47-32(29(28)46-25(41)6-2)39-18-37-26-30(34)35-17-36-31(26)39)21(4)48-50(43,49-23-15-11-8-12-16-23)19-38-20(3)33(42)44-22-13-9-7-10-14-22/h8,11-12,15-18,20-22,27-29,32,38H,5-7,9-10,13-14,19H2,1-4H3,(H2,34,35,36). The van der Waals surface area contributed by atoms with E-state index in [1.54, 1.807) is 58.0 Å². The molecule has 7 unspecified atom stereocenters. The molecule has 1 aliphatic carbocycles. The van der Waals surface area contributed by atoms with E-state index in [-0.39, 0.29) is 48.0 Å². The van der Waals surface area contributed by atoms with Crippen molar-refractivity contribution in [1.29, 1.82) is 0 Å². The van der Waals surface area contributed by atoms with Gasteiger partial charge < -0.3 is 29.2 Å². The van der Waals surface area contributed by atoms with E-state index in [1.165, 1.54) is 17.2 Å². The van der Waals surface area contributed by atoms with Gasteiger partial charge in [0.2, 0.25) is 0 Å². The Morgan fingerprint density at radius 2 is 1.66 bits per heavy atom. The Labute approximate surface area is 290 Å². The first-order valence-electron chi connectivity index (χ1n) is 16.9. The monoisotopic (exact) mass is 716 g/mol. The number of nitrogens with zero attached hydrogens (tertiary/aromatic N) is 4. The van der Waals surface area contributed by atoms with Crippen LogP contribution in [0.1, 0.15) is 78.9 Å². The number of ether oxygens (including phenoxy) is 4. The molecule has 272 valence electrons. The Kier molecular flexibility index (Phi) is 12.4. The van der Waals surface area contributed by atoms with Gasteiger partial charge in [-0.15, -0.1) is 0 Å². The molecule has 1 aliphatic heterocycles. The van der Waals surface area contributed by atoms with Crippen LogP contribution in [0.25, 0.3) is 11.2 Å². The number of rotatable bonds is 15. The third kappa shape index (κ3) is 8.97. The van der Waals surface area contributed by atoms with Crippen LogP contribution in [0.3, 0.4) is 0 Å². The SMILES string of the molecule is CCC(=O)OC1C(C(C)OP(=O)(CNC(C)C(=O)OC2CCCCC2)Oc2ccccc2)OC(n2cnc3c(N)ncnc32)C1OC(=O)CC. The zero-order valence-corrected chi connectivity index (χ0v) is 29.5. The summed E-state index contributed by atoms with van der Waals surface area (Å²) in [5.74, 6) is -1.25. The summed E-state index contributed by atoms with van der Waals surface area (Å²) in [5.41, 5.74) is 6.59. The highest BCUT2D eigenvalue weighted by Gasteiger charge is 2.54. The van der Waals surface area contributed by atoms with Gasteiger partial charge in [0.1, 0.15) is 42.1 Å². The maximum absolute atomic E-state index is 14.5. The molecule has 0 amide bonds. The summed E-state index contributed by atoms with van der Waals surface area (Å²) < 4.78 is 52.0. The molecule has 2 aromatic heterocycles. The van der Waals surface area contributed by atoms with E-state index in [1.807, 2.05) is 0 Å². The fourth-order valence-corrected chi connectivity index (χ4v) is 7.63. The number of fused-ring (bicyclic) bond motifs is 1. The van der Waals surface area contributed by atoms with Crippen LogP contribution in [0.2, 0.25) is 0 Å². The van der Waals surface area contributed by atoms with Gasteiger partial charge in [0.05, 0.1) is 12.4 Å². The van der Waals surface area contributed by atoms with Crippen LogP contribution in [-0.4, -0.2) is 80.3 Å². The zero-order chi connectivity index (χ0) is 35.8. The van der Waals surface area contributed by atoms with Crippen molar-refractivity contribution in [2.45, 2.75) is 115 Å². The van der Waals surface area contributed by atoms with Crippen molar-refractivity contribution >= 4 is 42.5 Å². The molecule has 1 saturated carbocycles. The molecule has 3 aromatic rings. The topological polar surface area (TPSA) is 205 Å². The van der Waals surface area contributed by atoms with Gasteiger partial charge in [-0.2, -0.15) is 0 Å². The number of nitrogen functional groups attached to an aromatic ring is 1. The highest BCUT2D eigenvalue weighted by atomic mass is 31.2. The fourth-order valence-electron chi connectivity index (χ4n) is 5.88. The van der Waals surface area contributed by atoms with Crippen LogP contribution in [0.4, 0.5) is 5.82 Å². The third-order valence-electron chi connectivity index (χ3n) is 8.56. The van der Waals surface area contributed by atoms with Gasteiger partial charge >= 0.3 is 25.5 Å². The molecule has 3 heterocycles. The van der Waals surface area contributed by atoms with Crippen LogP contribution in [0.15, 0.2) is 43.0 Å². The molecule has 0 radical (unpaired) electrons. The highest BCUT2D eigenvalue weighted by molar-refractivity contribution is 7.54. The first-order valence-corrected chi connectivity index (χ1v) is 18.7. The lowest BCUT2D eigenvalue weighted by Crippen LogP contribution is -2.44. The Balaban J connectivity index is 1.42. The Morgan fingerprint density at radius 3 is 2.34 bits per heavy atom. The molecule has 50 heavy (non-hydrogen) atoms. The molecule has 7 atom stereocenters. The molecule has 2 aliphatic rings. The number of anilines is 1. The molecule has 3 N–H and O–H groups in total. The van der Waals surface area contributed by atoms with E-state index in [9.17, 15) is 18.9 Å². The van der Waals surface area contributed by atoms with Gasteiger partial charge in [0.15, 0.2) is 29.9 Å². The van der Waals surface area contributed by atoms with Crippen LogP contribution in [0.5, 0.6) is 5.75 Å². The van der Waals surface area contributed by atoms with Crippen molar-refractivity contribution in [3.05, 3.63) is 43.0 Å². The van der Waals surface area contributed by atoms with E-state index in [2.05, 4.69) is 20.3 Å². The minimum atomic E-state index is -4.14. The molecule has 0 bridgehead atoms. The Hall–Kier alpha value is -4.11. The smallest absolute Gasteiger partial charge is 0.393 e. The van der Waals surface area contributed by atoms with Gasteiger partial charge in [0, 0.05) is 12.8 Å². The molecule has 17 heteroatoms. The van der Waals surface area contributed by atoms with E-state index >= 15 is 0 Å². The number of imidazole rings is 1.